The lowest BCUT2D eigenvalue weighted by molar-refractivity contribution is -0.117. The summed E-state index contributed by atoms with van der Waals surface area (Å²) in [7, 11) is 0. The van der Waals surface area contributed by atoms with Crippen LogP contribution in [0.5, 0.6) is 0 Å². The number of aliphatic hydroxyl groups excluding tert-OH is 1. The monoisotopic (exact) mass is 551 g/mol. The van der Waals surface area contributed by atoms with E-state index in [0.717, 1.165) is 65.9 Å². The van der Waals surface area contributed by atoms with Gasteiger partial charge in [-0.3, -0.25) is 14.4 Å². The van der Waals surface area contributed by atoms with Gasteiger partial charge in [-0.2, -0.15) is 5.10 Å². The Morgan fingerprint density at radius 2 is 2.05 bits per heavy atom. The molecule has 1 saturated carbocycles. The molecule has 4 heterocycles. The summed E-state index contributed by atoms with van der Waals surface area (Å²) in [5, 5.41) is 20.7. The van der Waals surface area contributed by atoms with Crippen molar-refractivity contribution in [1.29, 1.82) is 0 Å². The van der Waals surface area contributed by atoms with Crippen molar-refractivity contribution in [3.05, 3.63) is 52.9 Å². The summed E-state index contributed by atoms with van der Waals surface area (Å²) in [6, 6.07) is 8.14. The molecule has 1 aromatic carbocycles. The Labute approximate surface area is 234 Å². The van der Waals surface area contributed by atoms with Gasteiger partial charge in [0.05, 0.1) is 24.9 Å². The van der Waals surface area contributed by atoms with Gasteiger partial charge in [-0.1, -0.05) is 25.4 Å². The summed E-state index contributed by atoms with van der Waals surface area (Å²) in [5.74, 6) is 1.58. The quantitative estimate of drug-likeness (QED) is 0.438. The molecule has 9 heteroatoms. The fourth-order valence-corrected chi connectivity index (χ4v) is 6.73. The number of piperidine rings is 1. The highest BCUT2D eigenvalue weighted by Gasteiger charge is 2.46. The van der Waals surface area contributed by atoms with E-state index in [4.69, 9.17) is 16.3 Å². The number of ether oxygens (including phenoxy) is 1. The summed E-state index contributed by atoms with van der Waals surface area (Å²) < 4.78 is 7.59. The molecule has 2 saturated heterocycles. The number of nitrogens with one attached hydrogen (secondary N) is 1. The molecule has 4 atom stereocenters. The molecule has 2 aromatic heterocycles. The number of halogens is 1. The third-order valence-electron chi connectivity index (χ3n) is 8.93. The predicted molar refractivity (Wildman–Crippen MR) is 152 cm³/mol. The van der Waals surface area contributed by atoms with Crippen LogP contribution in [0.1, 0.15) is 63.1 Å². The number of aliphatic hydroxyl groups is 1. The second-order valence-corrected chi connectivity index (χ2v) is 12.6. The molecular weight excluding hydrogens is 514 g/mol. The van der Waals surface area contributed by atoms with Gasteiger partial charge in [0.2, 0.25) is 5.91 Å². The van der Waals surface area contributed by atoms with Crippen molar-refractivity contribution in [3.63, 3.8) is 0 Å². The van der Waals surface area contributed by atoms with Gasteiger partial charge in [0.1, 0.15) is 5.82 Å². The Morgan fingerprint density at radius 1 is 1.26 bits per heavy atom. The lowest BCUT2D eigenvalue weighted by Gasteiger charge is -2.43. The van der Waals surface area contributed by atoms with Crippen LogP contribution in [-0.2, 0) is 16.1 Å². The van der Waals surface area contributed by atoms with Gasteiger partial charge in [0, 0.05) is 46.9 Å². The number of amides is 1. The Morgan fingerprint density at radius 3 is 2.77 bits per heavy atom. The first-order chi connectivity index (χ1) is 18.7. The number of likely N-dealkylation sites (tertiary alicyclic amines) is 1. The molecule has 3 fully saturated rings. The number of benzene rings is 1. The van der Waals surface area contributed by atoms with Crippen molar-refractivity contribution >= 4 is 34.1 Å². The number of anilines is 1. The summed E-state index contributed by atoms with van der Waals surface area (Å²) in [4.78, 5) is 19.9. The van der Waals surface area contributed by atoms with Crippen LogP contribution in [0.2, 0.25) is 5.02 Å². The van der Waals surface area contributed by atoms with Crippen LogP contribution < -0.4 is 5.32 Å². The minimum atomic E-state index is -0.451. The first kappa shape index (κ1) is 26.7. The minimum Gasteiger partial charge on any atom is -0.389 e. The molecule has 3 aromatic rings. The number of aromatic nitrogens is 3. The van der Waals surface area contributed by atoms with Crippen LogP contribution in [0.3, 0.4) is 0 Å². The Bertz CT molecular complexity index is 1370. The van der Waals surface area contributed by atoms with E-state index in [2.05, 4.69) is 47.1 Å². The second kappa shape index (κ2) is 10.5. The van der Waals surface area contributed by atoms with Gasteiger partial charge in [-0.05, 0) is 86.3 Å². The lowest BCUT2D eigenvalue weighted by atomic mass is 9.85. The molecule has 2 aliphatic heterocycles. The number of rotatable bonds is 7. The molecule has 6 rings (SSSR count). The molecule has 0 spiro atoms. The van der Waals surface area contributed by atoms with Crippen molar-refractivity contribution in [2.45, 2.75) is 70.1 Å². The number of hydrogen-bond donors (Lipinski definition) is 2. The molecule has 3 aliphatic rings. The topological polar surface area (TPSA) is 92.5 Å². The summed E-state index contributed by atoms with van der Waals surface area (Å²) in [6.45, 7) is 10.1. The molecule has 1 amide bonds. The largest absolute Gasteiger partial charge is 0.389 e. The number of carbonyl (C=O) groups is 1. The standard InChI is InChI=1S/C30H38ClN5O3/c1-18(2)15-36-26(4-7-33-36)23-13-24(23)29(38)34-28-12-20-10-22(25(31)11-21(20)14-32-28)19-5-8-35(9-6-19)30(3)17-39-16-27(30)37/h4,7,10-12,14,18-19,23-24,27,37H,5-6,8-9,13,15-17H2,1-3H3,(H,32,34,38)/t23-,24-,27-,30+/m0/s1. The van der Waals surface area contributed by atoms with Crippen molar-refractivity contribution in [2.75, 3.05) is 31.6 Å². The molecular formula is C30H38ClN5O3. The lowest BCUT2D eigenvalue weighted by Crippen LogP contribution is -2.56. The van der Waals surface area contributed by atoms with Gasteiger partial charge < -0.3 is 15.2 Å². The van der Waals surface area contributed by atoms with Gasteiger partial charge in [0.15, 0.2) is 0 Å². The van der Waals surface area contributed by atoms with Gasteiger partial charge >= 0.3 is 0 Å². The zero-order chi connectivity index (χ0) is 27.3. The fraction of sp³-hybridized carbons (Fsp3) is 0.567. The number of nitrogens with zero attached hydrogens (tertiary/aromatic N) is 4. The van der Waals surface area contributed by atoms with E-state index < -0.39 is 6.10 Å². The Balaban J connectivity index is 1.13. The fourth-order valence-electron chi connectivity index (χ4n) is 6.41. The number of pyridine rings is 1. The van der Waals surface area contributed by atoms with Crippen LogP contribution in [0.25, 0.3) is 10.8 Å². The third kappa shape index (κ3) is 5.20. The van der Waals surface area contributed by atoms with Crippen LogP contribution in [0, 0.1) is 11.8 Å². The zero-order valence-electron chi connectivity index (χ0n) is 22.9. The van der Waals surface area contributed by atoms with Crippen LogP contribution in [0.15, 0.2) is 36.7 Å². The van der Waals surface area contributed by atoms with Crippen molar-refractivity contribution < 1.29 is 14.6 Å². The predicted octanol–water partition coefficient (Wildman–Crippen LogP) is 4.81. The molecule has 39 heavy (non-hydrogen) atoms. The molecule has 2 N–H and O–H groups in total. The maximum atomic E-state index is 13.1. The maximum absolute atomic E-state index is 13.1. The van der Waals surface area contributed by atoms with Crippen molar-refractivity contribution in [2.24, 2.45) is 11.8 Å². The Kier molecular flexibility index (Phi) is 7.16. The number of carbonyl (C=O) groups excluding carboxylic acids is 1. The Hall–Kier alpha value is -2.52. The van der Waals surface area contributed by atoms with Gasteiger partial charge in [-0.15, -0.1) is 0 Å². The molecule has 208 valence electrons. The second-order valence-electron chi connectivity index (χ2n) is 12.2. The zero-order valence-corrected chi connectivity index (χ0v) is 23.7. The maximum Gasteiger partial charge on any atom is 0.229 e. The molecule has 0 radical (unpaired) electrons. The van der Waals surface area contributed by atoms with E-state index in [1.54, 1.807) is 6.20 Å². The van der Waals surface area contributed by atoms with E-state index in [0.29, 0.717) is 30.9 Å². The van der Waals surface area contributed by atoms with Crippen LogP contribution in [0.4, 0.5) is 5.82 Å². The van der Waals surface area contributed by atoms with E-state index in [-0.39, 0.29) is 23.3 Å². The first-order valence-corrected chi connectivity index (χ1v) is 14.5. The van der Waals surface area contributed by atoms with Crippen molar-refractivity contribution in [3.8, 4) is 0 Å². The van der Waals surface area contributed by atoms with Crippen LogP contribution in [-0.4, -0.2) is 68.6 Å². The number of fused-ring (bicyclic) bond motifs is 1. The van der Waals surface area contributed by atoms with E-state index in [1.165, 1.54) is 0 Å². The summed E-state index contributed by atoms with van der Waals surface area (Å²) in [5.41, 5.74) is 1.97. The average molecular weight is 552 g/mol. The van der Waals surface area contributed by atoms with Gasteiger partial charge in [-0.25, -0.2) is 4.98 Å². The normalized spacial score (nSPS) is 27.9. The van der Waals surface area contributed by atoms with Gasteiger partial charge in [0.25, 0.3) is 0 Å². The number of hydrogen-bond acceptors (Lipinski definition) is 6. The molecule has 1 aliphatic carbocycles. The highest BCUT2D eigenvalue weighted by atomic mass is 35.5. The molecule has 8 nitrogen and oxygen atoms in total. The molecule has 0 bridgehead atoms. The van der Waals surface area contributed by atoms with E-state index >= 15 is 0 Å². The van der Waals surface area contributed by atoms with Crippen LogP contribution >= 0.6 is 11.6 Å². The minimum absolute atomic E-state index is 0.0114. The summed E-state index contributed by atoms with van der Waals surface area (Å²) >= 11 is 6.76. The van der Waals surface area contributed by atoms with E-state index in [1.807, 2.05) is 29.1 Å². The average Bonchev–Trinajstić information content (AvgIpc) is 3.46. The highest BCUT2D eigenvalue weighted by molar-refractivity contribution is 6.32. The first-order valence-electron chi connectivity index (χ1n) is 14.2. The van der Waals surface area contributed by atoms with E-state index in [9.17, 15) is 9.90 Å². The molecule has 0 unspecified atom stereocenters. The highest BCUT2D eigenvalue weighted by Crippen LogP contribution is 2.48. The SMILES string of the molecule is CC(C)Cn1nccc1[C@H]1C[C@@H]1C(=O)Nc1cc2cc(C3CCN([C@]4(C)COC[C@@H]4O)CC3)c(Cl)cc2cn1. The smallest absolute Gasteiger partial charge is 0.229 e. The third-order valence-corrected chi connectivity index (χ3v) is 9.26. The summed E-state index contributed by atoms with van der Waals surface area (Å²) in [6.07, 6.45) is 5.94. The van der Waals surface area contributed by atoms with Crippen molar-refractivity contribution in [1.82, 2.24) is 19.7 Å².